The molecule has 0 saturated carbocycles. The molecule has 0 N–H and O–H groups in total. The van der Waals surface area contributed by atoms with Gasteiger partial charge in [-0.15, -0.1) is 11.3 Å². The molecular formula is C10H11BrO2S. The summed E-state index contributed by atoms with van der Waals surface area (Å²) in [5.74, 6) is -0.333. The van der Waals surface area contributed by atoms with Crippen LogP contribution in [0.3, 0.4) is 0 Å². The molecule has 0 aliphatic carbocycles. The molecule has 14 heavy (non-hydrogen) atoms. The van der Waals surface area contributed by atoms with Crippen molar-refractivity contribution in [3.63, 3.8) is 0 Å². The molecule has 0 saturated heterocycles. The van der Waals surface area contributed by atoms with Crippen LogP contribution >= 0.6 is 27.3 Å². The van der Waals surface area contributed by atoms with Crippen LogP contribution in [0.25, 0.3) is 0 Å². The number of halogens is 1. The van der Waals surface area contributed by atoms with Gasteiger partial charge in [-0.2, -0.15) is 0 Å². The van der Waals surface area contributed by atoms with E-state index in [-0.39, 0.29) is 11.9 Å². The first-order valence-electron chi connectivity index (χ1n) is 4.08. The fourth-order valence-corrected chi connectivity index (χ4v) is 2.55. The Morgan fingerprint density at radius 3 is 2.71 bits per heavy atom. The molecule has 1 aromatic heterocycles. The molecule has 1 atom stereocenters. The monoisotopic (exact) mass is 274 g/mol. The summed E-state index contributed by atoms with van der Waals surface area (Å²) in [4.78, 5) is 12.3. The van der Waals surface area contributed by atoms with Crippen LogP contribution in [0.1, 0.15) is 17.7 Å². The second-order valence-corrected chi connectivity index (χ2v) is 5.37. The summed E-state index contributed by atoms with van der Waals surface area (Å²) in [5, 5.41) is 0. The zero-order valence-electron chi connectivity index (χ0n) is 8.04. The molecule has 1 unspecified atom stereocenters. The van der Waals surface area contributed by atoms with E-state index in [0.29, 0.717) is 5.57 Å². The van der Waals surface area contributed by atoms with Gasteiger partial charge in [-0.25, -0.2) is 4.79 Å². The van der Waals surface area contributed by atoms with Crippen molar-refractivity contribution >= 4 is 33.2 Å². The average Bonchev–Trinajstić information content (AvgIpc) is 2.61. The molecule has 0 bridgehead atoms. The van der Waals surface area contributed by atoms with Gasteiger partial charge in [0.25, 0.3) is 0 Å². The van der Waals surface area contributed by atoms with Crippen molar-refractivity contribution in [3.05, 3.63) is 32.9 Å². The van der Waals surface area contributed by atoms with Crippen molar-refractivity contribution in [3.8, 4) is 0 Å². The van der Waals surface area contributed by atoms with Crippen molar-refractivity contribution < 1.29 is 9.53 Å². The van der Waals surface area contributed by atoms with Crippen LogP contribution in [0.5, 0.6) is 0 Å². The van der Waals surface area contributed by atoms with Gasteiger partial charge in [-0.1, -0.05) is 13.5 Å². The van der Waals surface area contributed by atoms with Crippen LogP contribution in [0.2, 0.25) is 0 Å². The first-order chi connectivity index (χ1) is 6.56. The Hall–Kier alpha value is -0.610. The SMILES string of the molecule is C=C(C(=O)OC)C(C)c1ccc(Br)s1. The second-order valence-electron chi connectivity index (χ2n) is 2.88. The van der Waals surface area contributed by atoms with E-state index in [9.17, 15) is 4.79 Å². The lowest BCUT2D eigenvalue weighted by Gasteiger charge is -2.10. The standard InChI is InChI=1S/C10H11BrO2S/c1-6(7(2)10(12)13-3)8-4-5-9(11)14-8/h4-6H,2H2,1,3H3. The van der Waals surface area contributed by atoms with Gasteiger partial charge < -0.3 is 4.74 Å². The molecule has 1 heterocycles. The average molecular weight is 275 g/mol. The number of hydrogen-bond donors (Lipinski definition) is 0. The third-order valence-electron chi connectivity index (χ3n) is 1.99. The number of carbonyl (C=O) groups excluding carboxylic acids is 1. The fraction of sp³-hybridized carbons (Fsp3) is 0.300. The number of ether oxygens (including phenoxy) is 1. The third-order valence-corrected chi connectivity index (χ3v) is 3.80. The molecule has 0 aliphatic heterocycles. The Morgan fingerprint density at radius 1 is 1.64 bits per heavy atom. The summed E-state index contributed by atoms with van der Waals surface area (Å²) in [5.41, 5.74) is 0.488. The lowest BCUT2D eigenvalue weighted by Crippen LogP contribution is -2.08. The van der Waals surface area contributed by atoms with E-state index >= 15 is 0 Å². The minimum atomic E-state index is -0.345. The summed E-state index contributed by atoms with van der Waals surface area (Å²) >= 11 is 4.98. The lowest BCUT2D eigenvalue weighted by molar-refractivity contribution is -0.136. The number of esters is 1. The van der Waals surface area contributed by atoms with E-state index in [1.807, 2.05) is 19.1 Å². The summed E-state index contributed by atoms with van der Waals surface area (Å²) in [7, 11) is 1.37. The maximum absolute atomic E-state index is 11.2. The molecule has 76 valence electrons. The zero-order valence-corrected chi connectivity index (χ0v) is 10.4. The largest absolute Gasteiger partial charge is 0.466 e. The molecule has 0 spiro atoms. The number of carbonyl (C=O) groups is 1. The van der Waals surface area contributed by atoms with E-state index in [2.05, 4.69) is 27.2 Å². The molecule has 1 aromatic rings. The van der Waals surface area contributed by atoms with Crippen LogP contribution < -0.4 is 0 Å². The summed E-state index contributed by atoms with van der Waals surface area (Å²) < 4.78 is 5.67. The van der Waals surface area contributed by atoms with Gasteiger partial charge >= 0.3 is 5.97 Å². The fourth-order valence-electron chi connectivity index (χ4n) is 1.04. The van der Waals surface area contributed by atoms with Crippen molar-refractivity contribution in [2.24, 2.45) is 0 Å². The van der Waals surface area contributed by atoms with Gasteiger partial charge in [-0.3, -0.25) is 0 Å². The molecule has 0 aliphatic rings. The van der Waals surface area contributed by atoms with Crippen LogP contribution in [-0.2, 0) is 9.53 Å². The molecule has 0 amide bonds. The molecule has 4 heteroatoms. The number of rotatable bonds is 3. The van der Waals surface area contributed by atoms with E-state index in [0.717, 1.165) is 8.66 Å². The lowest BCUT2D eigenvalue weighted by atomic mass is 10.0. The van der Waals surface area contributed by atoms with E-state index in [1.54, 1.807) is 11.3 Å². The number of methoxy groups -OCH3 is 1. The normalized spacial score (nSPS) is 12.2. The Kier molecular flexibility index (Phi) is 3.89. The van der Waals surface area contributed by atoms with E-state index < -0.39 is 0 Å². The highest BCUT2D eigenvalue weighted by molar-refractivity contribution is 9.11. The molecule has 1 rings (SSSR count). The summed E-state index contributed by atoms with van der Waals surface area (Å²) in [6.45, 7) is 5.67. The first kappa shape index (κ1) is 11.5. The van der Waals surface area contributed by atoms with Crippen LogP contribution in [0.15, 0.2) is 28.1 Å². The van der Waals surface area contributed by atoms with Gasteiger partial charge in [0.15, 0.2) is 0 Å². The Bertz CT molecular complexity index is 357. The Labute approximate surface area is 95.7 Å². The van der Waals surface area contributed by atoms with Crippen LogP contribution in [0, 0.1) is 0 Å². The van der Waals surface area contributed by atoms with E-state index in [4.69, 9.17) is 0 Å². The van der Waals surface area contributed by atoms with Gasteiger partial charge in [0, 0.05) is 16.4 Å². The maximum atomic E-state index is 11.2. The topological polar surface area (TPSA) is 26.3 Å². The zero-order chi connectivity index (χ0) is 10.7. The van der Waals surface area contributed by atoms with Gasteiger partial charge in [-0.05, 0) is 28.1 Å². The van der Waals surface area contributed by atoms with Crippen LogP contribution in [-0.4, -0.2) is 13.1 Å². The van der Waals surface area contributed by atoms with Gasteiger partial charge in [0.1, 0.15) is 0 Å². The predicted octanol–water partition coefficient (Wildman–Crippen LogP) is 3.34. The second kappa shape index (κ2) is 4.75. The number of hydrogen-bond acceptors (Lipinski definition) is 3. The highest BCUT2D eigenvalue weighted by Crippen LogP contribution is 2.32. The highest BCUT2D eigenvalue weighted by Gasteiger charge is 2.18. The Morgan fingerprint density at radius 2 is 2.29 bits per heavy atom. The number of thiophene rings is 1. The Balaban J connectivity index is 2.80. The highest BCUT2D eigenvalue weighted by atomic mass is 79.9. The predicted molar refractivity (Wildman–Crippen MR) is 61.6 cm³/mol. The quantitative estimate of drug-likeness (QED) is 0.624. The molecular weight excluding hydrogens is 264 g/mol. The molecule has 2 nitrogen and oxygen atoms in total. The summed E-state index contributed by atoms with van der Waals surface area (Å²) in [6, 6.07) is 3.94. The van der Waals surface area contributed by atoms with E-state index in [1.165, 1.54) is 7.11 Å². The maximum Gasteiger partial charge on any atom is 0.333 e. The van der Waals surface area contributed by atoms with Crippen LogP contribution in [0.4, 0.5) is 0 Å². The smallest absolute Gasteiger partial charge is 0.333 e. The molecule has 0 aromatic carbocycles. The summed E-state index contributed by atoms with van der Waals surface area (Å²) in [6.07, 6.45) is 0. The van der Waals surface area contributed by atoms with Crippen molar-refractivity contribution in [2.45, 2.75) is 12.8 Å². The van der Waals surface area contributed by atoms with Crippen molar-refractivity contribution in [1.82, 2.24) is 0 Å². The minimum Gasteiger partial charge on any atom is -0.466 e. The third kappa shape index (κ3) is 2.45. The first-order valence-corrected chi connectivity index (χ1v) is 5.69. The van der Waals surface area contributed by atoms with Crippen molar-refractivity contribution in [1.29, 1.82) is 0 Å². The minimum absolute atomic E-state index is 0.0127. The van der Waals surface area contributed by atoms with Gasteiger partial charge in [0.2, 0.25) is 0 Å². The molecule has 0 radical (unpaired) electrons. The molecule has 0 fully saturated rings. The van der Waals surface area contributed by atoms with Crippen molar-refractivity contribution in [2.75, 3.05) is 7.11 Å². The van der Waals surface area contributed by atoms with Gasteiger partial charge in [0.05, 0.1) is 10.9 Å².